The normalized spacial score (nSPS) is 13.7. The van der Waals surface area contributed by atoms with Crippen molar-refractivity contribution in [2.45, 2.75) is 11.8 Å². The maximum Gasteiger partial charge on any atom is 0.213 e. The van der Waals surface area contributed by atoms with Crippen LogP contribution in [0.15, 0.2) is 34.7 Å². The molecule has 1 aliphatic rings. The first-order valence-corrected chi connectivity index (χ1v) is 7.51. The number of ether oxygens (including phenoxy) is 1. The minimum atomic E-state index is 0.612. The van der Waals surface area contributed by atoms with Crippen molar-refractivity contribution >= 4 is 29.1 Å². The predicted octanol–water partition coefficient (Wildman–Crippen LogP) is 3.41. The van der Waals surface area contributed by atoms with Crippen molar-refractivity contribution in [2.75, 3.05) is 19.0 Å². The van der Waals surface area contributed by atoms with E-state index in [0.717, 1.165) is 34.1 Å². The zero-order valence-electron chi connectivity index (χ0n) is 11.9. The number of aromatic nitrogens is 3. The lowest BCUT2D eigenvalue weighted by Gasteiger charge is -2.18. The Morgan fingerprint density at radius 3 is 3.10 bits per heavy atom. The molecule has 0 saturated heterocycles. The number of rotatable bonds is 4. The highest BCUT2D eigenvalue weighted by atomic mass is 32.2. The van der Waals surface area contributed by atoms with Crippen LogP contribution in [0.25, 0.3) is 11.6 Å². The zero-order valence-corrected chi connectivity index (χ0v) is 12.7. The number of hydrogen-bond acceptors (Lipinski definition) is 5. The van der Waals surface area contributed by atoms with Crippen LogP contribution in [-0.2, 0) is 0 Å². The number of pyridine rings is 1. The molecule has 2 aromatic rings. The highest BCUT2D eigenvalue weighted by Gasteiger charge is 2.16. The van der Waals surface area contributed by atoms with Gasteiger partial charge < -0.3 is 10.1 Å². The Labute approximate surface area is 127 Å². The Hall–Kier alpha value is -2.21. The van der Waals surface area contributed by atoms with E-state index in [0.29, 0.717) is 5.88 Å². The second kappa shape index (κ2) is 6.05. The van der Waals surface area contributed by atoms with Crippen molar-refractivity contribution in [2.24, 2.45) is 0 Å². The van der Waals surface area contributed by atoms with Crippen LogP contribution < -0.4 is 10.1 Å². The van der Waals surface area contributed by atoms with Crippen LogP contribution >= 0.6 is 11.8 Å². The van der Waals surface area contributed by atoms with Crippen LogP contribution in [0.5, 0.6) is 5.88 Å². The smallest absolute Gasteiger partial charge is 0.213 e. The number of allylic oxidation sites excluding steroid dienone is 1. The van der Waals surface area contributed by atoms with E-state index in [-0.39, 0.29) is 0 Å². The molecule has 0 aliphatic carbocycles. The second-order valence-corrected chi connectivity index (χ2v) is 5.45. The summed E-state index contributed by atoms with van der Waals surface area (Å²) >= 11 is 1.65. The molecule has 3 heterocycles. The summed E-state index contributed by atoms with van der Waals surface area (Å²) in [7, 11) is 1.62. The summed E-state index contributed by atoms with van der Waals surface area (Å²) < 4.78 is 5.18. The fourth-order valence-corrected chi connectivity index (χ4v) is 2.82. The van der Waals surface area contributed by atoms with E-state index in [1.807, 2.05) is 36.7 Å². The van der Waals surface area contributed by atoms with Crippen LogP contribution in [0.4, 0.5) is 5.69 Å². The van der Waals surface area contributed by atoms with Gasteiger partial charge in [-0.2, -0.15) is 5.10 Å². The summed E-state index contributed by atoms with van der Waals surface area (Å²) in [6.45, 7) is 2.74. The van der Waals surface area contributed by atoms with Crippen molar-refractivity contribution < 1.29 is 4.74 Å². The third-order valence-corrected chi connectivity index (χ3v) is 4.12. The lowest BCUT2D eigenvalue weighted by molar-refractivity contribution is 0.397. The number of H-pyrrole nitrogens is 1. The molecule has 1 aliphatic heterocycles. The van der Waals surface area contributed by atoms with Gasteiger partial charge in [-0.05, 0) is 30.0 Å². The van der Waals surface area contributed by atoms with Crippen molar-refractivity contribution in [1.29, 1.82) is 0 Å². The molecule has 5 nitrogen and oxygen atoms in total. The molecule has 0 fully saturated rings. The number of fused-ring (bicyclic) bond motifs is 1. The van der Waals surface area contributed by atoms with E-state index in [1.54, 1.807) is 18.9 Å². The number of aromatic amines is 1. The number of hydrogen-bond donors (Lipinski definition) is 2. The van der Waals surface area contributed by atoms with Crippen LogP contribution in [-0.4, -0.2) is 28.8 Å². The predicted molar refractivity (Wildman–Crippen MR) is 86.4 cm³/mol. The third-order valence-electron chi connectivity index (χ3n) is 3.15. The van der Waals surface area contributed by atoms with Gasteiger partial charge >= 0.3 is 0 Å². The summed E-state index contributed by atoms with van der Waals surface area (Å²) in [4.78, 5) is 5.57. The molecule has 21 heavy (non-hydrogen) atoms. The van der Waals surface area contributed by atoms with E-state index in [9.17, 15) is 0 Å². The number of nitrogens with zero attached hydrogens (tertiary/aromatic N) is 2. The second-order valence-electron chi connectivity index (χ2n) is 4.51. The van der Waals surface area contributed by atoms with Gasteiger partial charge in [-0.3, -0.25) is 5.10 Å². The van der Waals surface area contributed by atoms with Gasteiger partial charge in [0.25, 0.3) is 0 Å². The van der Waals surface area contributed by atoms with Gasteiger partial charge in [0.2, 0.25) is 5.88 Å². The summed E-state index contributed by atoms with van der Waals surface area (Å²) in [6, 6.07) is 3.84. The highest BCUT2D eigenvalue weighted by molar-refractivity contribution is 8.02. The largest absolute Gasteiger partial charge is 0.481 e. The average molecular weight is 300 g/mol. The van der Waals surface area contributed by atoms with Crippen LogP contribution in [0, 0.1) is 0 Å². The minimum absolute atomic E-state index is 0.612. The molecule has 108 valence electrons. The first-order valence-electron chi connectivity index (χ1n) is 6.63. The summed E-state index contributed by atoms with van der Waals surface area (Å²) in [5.74, 6) is 0.612. The lowest BCUT2D eigenvalue weighted by atomic mass is 10.1. The molecular weight excluding hydrogens is 284 g/mol. The number of anilines is 1. The Morgan fingerprint density at radius 1 is 1.38 bits per heavy atom. The maximum atomic E-state index is 5.18. The lowest BCUT2D eigenvalue weighted by Crippen LogP contribution is -2.11. The van der Waals surface area contributed by atoms with E-state index in [4.69, 9.17) is 4.74 Å². The first-order chi connectivity index (χ1) is 10.3. The molecule has 2 N–H and O–H groups in total. The molecule has 0 amide bonds. The fourth-order valence-electron chi connectivity index (χ4n) is 2.13. The molecule has 0 aromatic carbocycles. The molecule has 6 heteroatoms. The topological polar surface area (TPSA) is 62.8 Å². The van der Waals surface area contributed by atoms with E-state index < -0.39 is 0 Å². The molecule has 0 radical (unpaired) electrons. The van der Waals surface area contributed by atoms with Crippen LogP contribution in [0.2, 0.25) is 0 Å². The van der Waals surface area contributed by atoms with Gasteiger partial charge in [-0.1, -0.05) is 17.8 Å². The third kappa shape index (κ3) is 2.80. The summed E-state index contributed by atoms with van der Waals surface area (Å²) in [5.41, 5.74) is 4.06. The van der Waals surface area contributed by atoms with E-state index in [2.05, 4.69) is 26.6 Å². The molecule has 2 aromatic heterocycles. The number of thioether (sulfide) groups is 1. The van der Waals surface area contributed by atoms with Crippen molar-refractivity contribution in [3.8, 4) is 5.88 Å². The minimum Gasteiger partial charge on any atom is -0.481 e. The maximum absolute atomic E-state index is 5.18. The van der Waals surface area contributed by atoms with Gasteiger partial charge in [0.05, 0.1) is 35.3 Å². The quantitative estimate of drug-likeness (QED) is 0.847. The van der Waals surface area contributed by atoms with Gasteiger partial charge in [0.1, 0.15) is 0 Å². The van der Waals surface area contributed by atoms with Gasteiger partial charge in [0.15, 0.2) is 0 Å². The van der Waals surface area contributed by atoms with Gasteiger partial charge in [-0.15, -0.1) is 0 Å². The highest BCUT2D eigenvalue weighted by Crippen LogP contribution is 2.32. The van der Waals surface area contributed by atoms with Crippen molar-refractivity contribution in [3.05, 3.63) is 41.2 Å². The summed E-state index contributed by atoms with van der Waals surface area (Å²) in [6.07, 6.45) is 5.92. The van der Waals surface area contributed by atoms with Crippen molar-refractivity contribution in [3.63, 3.8) is 0 Å². The molecule has 0 saturated carbocycles. The monoisotopic (exact) mass is 300 g/mol. The molecule has 0 bridgehead atoms. The first kappa shape index (κ1) is 13.8. The van der Waals surface area contributed by atoms with Crippen LogP contribution in [0.3, 0.4) is 0 Å². The molecule has 0 atom stereocenters. The van der Waals surface area contributed by atoms with Gasteiger partial charge in [0, 0.05) is 12.6 Å². The Kier molecular flexibility index (Phi) is 3.96. The van der Waals surface area contributed by atoms with Crippen molar-refractivity contribution in [1.82, 2.24) is 15.2 Å². The fraction of sp³-hybridized carbons (Fsp3) is 0.200. The number of nitrogens with one attached hydrogen (secondary N) is 2. The number of methoxy groups -OCH3 is 1. The average Bonchev–Trinajstić information content (AvgIpc) is 3.00. The molecule has 3 rings (SSSR count). The van der Waals surface area contributed by atoms with E-state index in [1.165, 1.54) is 0 Å². The molecule has 0 unspecified atom stereocenters. The standard InChI is InChI=1S/C15H16N4OS/c1-3-6-21-13-9-17-19-15(13)10-7-12-11(16-8-10)4-5-14(18-12)20-2/h3-7,9,16H,8H2,1-2H3,(H,17,19)/b6-3-. The van der Waals surface area contributed by atoms with E-state index >= 15 is 0 Å². The van der Waals surface area contributed by atoms with Crippen LogP contribution in [0.1, 0.15) is 18.3 Å². The summed E-state index contributed by atoms with van der Waals surface area (Å²) in [5, 5.41) is 12.6. The Balaban J connectivity index is 1.96. The Bertz CT molecular complexity index is 705. The molecular formula is C15H16N4OS. The van der Waals surface area contributed by atoms with Gasteiger partial charge in [-0.25, -0.2) is 4.98 Å². The zero-order chi connectivity index (χ0) is 14.7. The Morgan fingerprint density at radius 2 is 2.29 bits per heavy atom. The molecule has 0 spiro atoms. The SMILES string of the molecule is C/C=C\Sc1cn[nH]c1C1=Cc2nc(OC)ccc2NC1.